The minimum atomic E-state index is -0.606. The number of nitrogens with zero attached hydrogens (tertiary/aromatic N) is 1. The minimum Gasteiger partial charge on any atom is -0.393 e. The van der Waals surface area contributed by atoms with Crippen LogP contribution < -0.4 is 11.1 Å². The predicted octanol–water partition coefficient (Wildman–Crippen LogP) is 3.96. The van der Waals surface area contributed by atoms with Crippen LogP contribution in [0.1, 0.15) is 35.8 Å². The molecule has 2 aromatic rings. The van der Waals surface area contributed by atoms with Crippen LogP contribution in [0.4, 0.5) is 11.4 Å². The summed E-state index contributed by atoms with van der Waals surface area (Å²) in [4.78, 5) is 22.8. The van der Waals surface area contributed by atoms with Gasteiger partial charge in [0.05, 0.1) is 11.0 Å². The molecule has 0 bridgehead atoms. The highest BCUT2D eigenvalue weighted by atomic mass is 35.5. The fraction of sp³-hybridized carbons (Fsp3) is 0.235. The Morgan fingerprint density at radius 3 is 2.38 bits per heavy atom. The summed E-state index contributed by atoms with van der Waals surface area (Å²) in [6.45, 7) is 3.95. The fourth-order valence-electron chi connectivity index (χ4n) is 2.37. The highest BCUT2D eigenvalue weighted by Crippen LogP contribution is 2.26. The molecule has 1 unspecified atom stereocenters. The SMILES string of the molecule is CC(C)C(NC(=O)c1ccc(N)c([N+](=O)[O-])c1)c1ccc(Cl)cc1. The Balaban J connectivity index is 2.27. The van der Waals surface area contributed by atoms with E-state index < -0.39 is 10.8 Å². The molecule has 0 saturated heterocycles. The Morgan fingerprint density at radius 1 is 1.21 bits per heavy atom. The monoisotopic (exact) mass is 347 g/mol. The van der Waals surface area contributed by atoms with Crippen molar-refractivity contribution in [3.63, 3.8) is 0 Å². The van der Waals surface area contributed by atoms with Crippen LogP contribution >= 0.6 is 11.6 Å². The van der Waals surface area contributed by atoms with E-state index in [1.165, 1.54) is 18.2 Å². The van der Waals surface area contributed by atoms with Crippen molar-refractivity contribution in [2.45, 2.75) is 19.9 Å². The lowest BCUT2D eigenvalue weighted by atomic mass is 9.95. The smallest absolute Gasteiger partial charge is 0.292 e. The first-order valence-corrected chi connectivity index (χ1v) is 7.77. The number of carbonyl (C=O) groups excluding carboxylic acids is 1. The number of nitro benzene ring substituents is 1. The maximum atomic E-state index is 12.5. The molecule has 0 spiro atoms. The Morgan fingerprint density at radius 2 is 1.83 bits per heavy atom. The summed E-state index contributed by atoms with van der Waals surface area (Å²) in [5.74, 6) is -0.273. The normalized spacial score (nSPS) is 12.0. The summed E-state index contributed by atoms with van der Waals surface area (Å²) in [5, 5.41) is 14.5. The third-order valence-corrected chi connectivity index (χ3v) is 3.92. The van der Waals surface area contributed by atoms with E-state index in [2.05, 4.69) is 5.32 Å². The van der Waals surface area contributed by atoms with Crippen LogP contribution in [0.25, 0.3) is 0 Å². The molecule has 0 aliphatic rings. The molecule has 0 radical (unpaired) electrons. The average molecular weight is 348 g/mol. The van der Waals surface area contributed by atoms with E-state index in [0.717, 1.165) is 5.56 Å². The number of hydrogen-bond acceptors (Lipinski definition) is 4. The first kappa shape index (κ1) is 17.7. The Labute approximate surface area is 144 Å². The third kappa shape index (κ3) is 4.02. The van der Waals surface area contributed by atoms with Crippen molar-refractivity contribution < 1.29 is 9.72 Å². The summed E-state index contributed by atoms with van der Waals surface area (Å²) < 4.78 is 0. The van der Waals surface area contributed by atoms with Gasteiger partial charge in [0.25, 0.3) is 11.6 Å². The predicted molar refractivity (Wildman–Crippen MR) is 94.0 cm³/mol. The summed E-state index contributed by atoms with van der Waals surface area (Å²) in [6, 6.07) is 11.0. The second-order valence-corrected chi connectivity index (χ2v) is 6.21. The molecule has 24 heavy (non-hydrogen) atoms. The summed E-state index contributed by atoms with van der Waals surface area (Å²) in [7, 11) is 0. The topological polar surface area (TPSA) is 98.3 Å². The number of halogens is 1. The Bertz CT molecular complexity index is 760. The van der Waals surface area contributed by atoms with Gasteiger partial charge in [0, 0.05) is 16.7 Å². The Hall–Kier alpha value is -2.60. The van der Waals surface area contributed by atoms with Gasteiger partial charge >= 0.3 is 0 Å². The van der Waals surface area contributed by atoms with E-state index >= 15 is 0 Å². The first-order chi connectivity index (χ1) is 11.3. The van der Waals surface area contributed by atoms with Crippen molar-refractivity contribution in [2.75, 3.05) is 5.73 Å². The maximum absolute atomic E-state index is 12.5. The lowest BCUT2D eigenvalue weighted by Gasteiger charge is -2.23. The second kappa shape index (κ2) is 7.31. The van der Waals surface area contributed by atoms with E-state index in [-0.39, 0.29) is 28.9 Å². The molecule has 0 aliphatic heterocycles. The molecule has 1 atom stereocenters. The number of anilines is 1. The van der Waals surface area contributed by atoms with Crippen molar-refractivity contribution in [1.29, 1.82) is 0 Å². The van der Waals surface area contributed by atoms with Gasteiger partial charge in [-0.05, 0) is 35.7 Å². The van der Waals surface area contributed by atoms with Gasteiger partial charge in [-0.3, -0.25) is 14.9 Å². The van der Waals surface area contributed by atoms with Gasteiger partial charge in [-0.15, -0.1) is 0 Å². The van der Waals surface area contributed by atoms with Crippen LogP contribution in [-0.4, -0.2) is 10.8 Å². The molecule has 126 valence electrons. The van der Waals surface area contributed by atoms with Gasteiger partial charge in [-0.1, -0.05) is 37.6 Å². The number of nitrogens with one attached hydrogen (secondary N) is 1. The molecule has 1 amide bonds. The van der Waals surface area contributed by atoms with Crippen molar-refractivity contribution in [1.82, 2.24) is 5.32 Å². The molecule has 0 saturated carbocycles. The highest BCUT2D eigenvalue weighted by molar-refractivity contribution is 6.30. The molecular weight excluding hydrogens is 330 g/mol. The standard InChI is InChI=1S/C17H18ClN3O3/c1-10(2)16(11-3-6-13(18)7-4-11)20-17(22)12-5-8-14(19)15(9-12)21(23)24/h3-10,16H,19H2,1-2H3,(H,20,22). The maximum Gasteiger partial charge on any atom is 0.292 e. The van der Waals surface area contributed by atoms with E-state index in [1.54, 1.807) is 12.1 Å². The quantitative estimate of drug-likeness (QED) is 0.486. The molecule has 2 aromatic carbocycles. The lowest BCUT2D eigenvalue weighted by molar-refractivity contribution is -0.383. The second-order valence-electron chi connectivity index (χ2n) is 5.78. The van der Waals surface area contributed by atoms with Crippen molar-refractivity contribution in [3.8, 4) is 0 Å². The molecule has 0 aliphatic carbocycles. The highest BCUT2D eigenvalue weighted by Gasteiger charge is 2.21. The lowest BCUT2D eigenvalue weighted by Crippen LogP contribution is -2.31. The third-order valence-electron chi connectivity index (χ3n) is 3.67. The molecule has 2 rings (SSSR count). The van der Waals surface area contributed by atoms with E-state index in [0.29, 0.717) is 5.02 Å². The fourth-order valence-corrected chi connectivity index (χ4v) is 2.50. The number of nitrogens with two attached hydrogens (primary N) is 1. The molecule has 0 heterocycles. The number of carbonyl (C=O) groups is 1. The van der Waals surface area contributed by atoms with Gasteiger partial charge in [0.1, 0.15) is 5.69 Å². The Kier molecular flexibility index (Phi) is 5.41. The van der Waals surface area contributed by atoms with Crippen LogP contribution in [0.2, 0.25) is 5.02 Å². The number of rotatable bonds is 5. The van der Waals surface area contributed by atoms with E-state index in [4.69, 9.17) is 17.3 Å². The zero-order valence-corrected chi connectivity index (χ0v) is 14.1. The molecule has 3 N–H and O–H groups in total. The zero-order valence-electron chi connectivity index (χ0n) is 13.3. The van der Waals surface area contributed by atoms with Crippen LogP contribution in [0, 0.1) is 16.0 Å². The van der Waals surface area contributed by atoms with Crippen molar-refractivity contribution in [2.24, 2.45) is 5.92 Å². The molecule has 6 nitrogen and oxygen atoms in total. The largest absolute Gasteiger partial charge is 0.393 e. The number of benzene rings is 2. The van der Waals surface area contributed by atoms with Gasteiger partial charge in [-0.2, -0.15) is 0 Å². The molecule has 0 fully saturated rings. The van der Waals surface area contributed by atoms with Crippen LogP contribution in [0.3, 0.4) is 0 Å². The van der Waals surface area contributed by atoms with Gasteiger partial charge in [0.2, 0.25) is 0 Å². The average Bonchev–Trinajstić information content (AvgIpc) is 2.53. The molecule has 7 heteroatoms. The van der Waals surface area contributed by atoms with E-state index in [1.807, 2.05) is 26.0 Å². The van der Waals surface area contributed by atoms with Gasteiger partial charge in [-0.25, -0.2) is 0 Å². The number of nitrogen functional groups attached to an aromatic ring is 1. The summed E-state index contributed by atoms with van der Waals surface area (Å²) >= 11 is 5.90. The minimum absolute atomic E-state index is 0.0228. The number of amides is 1. The first-order valence-electron chi connectivity index (χ1n) is 7.40. The van der Waals surface area contributed by atoms with Crippen LogP contribution in [-0.2, 0) is 0 Å². The number of hydrogen-bond donors (Lipinski definition) is 2. The summed E-state index contributed by atoms with van der Waals surface area (Å²) in [5.41, 5.74) is 6.40. The molecule has 0 aromatic heterocycles. The van der Waals surface area contributed by atoms with Crippen LogP contribution in [0.5, 0.6) is 0 Å². The van der Waals surface area contributed by atoms with Gasteiger partial charge < -0.3 is 11.1 Å². The van der Waals surface area contributed by atoms with E-state index in [9.17, 15) is 14.9 Å². The van der Waals surface area contributed by atoms with Crippen molar-refractivity contribution in [3.05, 3.63) is 68.7 Å². The molecular formula is C17H18ClN3O3. The summed E-state index contributed by atoms with van der Waals surface area (Å²) in [6.07, 6.45) is 0. The van der Waals surface area contributed by atoms with Crippen molar-refractivity contribution >= 4 is 28.9 Å². The van der Waals surface area contributed by atoms with Gasteiger partial charge in [0.15, 0.2) is 0 Å². The number of nitro groups is 1. The zero-order chi connectivity index (χ0) is 17.9. The van der Waals surface area contributed by atoms with Crippen LogP contribution in [0.15, 0.2) is 42.5 Å².